The molecule has 0 bridgehead atoms. The highest BCUT2D eigenvalue weighted by atomic mass is 79.9. The number of nitrogens with zero attached hydrogens (tertiary/aromatic N) is 2. The van der Waals surface area contributed by atoms with Crippen molar-refractivity contribution in [3.05, 3.63) is 64.9 Å². The molecule has 0 spiro atoms. The van der Waals surface area contributed by atoms with Crippen molar-refractivity contribution in [3.63, 3.8) is 0 Å². The van der Waals surface area contributed by atoms with Crippen LogP contribution in [0.2, 0.25) is 0 Å². The minimum Gasteiger partial charge on any atom is -0.464 e. The zero-order valence-corrected chi connectivity index (χ0v) is 14.2. The highest BCUT2D eigenvalue weighted by Gasteiger charge is 2.26. The third-order valence-corrected chi connectivity index (χ3v) is 3.84. The molecule has 0 fully saturated rings. The summed E-state index contributed by atoms with van der Waals surface area (Å²) in [5.41, 5.74) is 0.749. The van der Waals surface area contributed by atoms with E-state index >= 15 is 0 Å². The monoisotopic (exact) mass is 396 g/mol. The Morgan fingerprint density at radius 1 is 1.00 bits per heavy atom. The summed E-state index contributed by atoms with van der Waals surface area (Å²) >= 11 is 3.23. The molecule has 0 aliphatic carbocycles. The molecular weight excluding hydrogens is 388 g/mol. The lowest BCUT2D eigenvalue weighted by Gasteiger charge is -1.96. The fourth-order valence-electron chi connectivity index (χ4n) is 2.37. The predicted octanol–water partition coefficient (Wildman–Crippen LogP) is 5.78. The van der Waals surface area contributed by atoms with Gasteiger partial charge in [-0.15, -0.1) is 0 Å². The molecule has 4 heterocycles. The Balaban J connectivity index is 1.87. The van der Waals surface area contributed by atoms with E-state index in [0.717, 1.165) is 0 Å². The lowest BCUT2D eigenvalue weighted by molar-refractivity contribution is 0.525. The first kappa shape index (κ1) is 15.3. The fourth-order valence-corrected chi connectivity index (χ4v) is 2.69. The van der Waals surface area contributed by atoms with Crippen molar-refractivity contribution in [2.24, 2.45) is 4.99 Å². The second kappa shape index (κ2) is 6.34. The van der Waals surface area contributed by atoms with E-state index in [-0.39, 0.29) is 11.4 Å². The SMILES string of the molecule is N#Cc1c(N=Cc2ccc(Br)o2)oc(-c2ccco2)c1-c1ccco1. The first-order chi connectivity index (χ1) is 12.3. The van der Waals surface area contributed by atoms with Gasteiger partial charge in [-0.05, 0) is 52.3 Å². The van der Waals surface area contributed by atoms with E-state index in [9.17, 15) is 5.26 Å². The highest BCUT2D eigenvalue weighted by molar-refractivity contribution is 9.10. The van der Waals surface area contributed by atoms with Crippen LogP contribution in [0.5, 0.6) is 0 Å². The molecule has 0 aromatic carbocycles. The Labute approximate surface area is 150 Å². The van der Waals surface area contributed by atoms with Crippen molar-refractivity contribution in [2.45, 2.75) is 0 Å². The van der Waals surface area contributed by atoms with Crippen LogP contribution in [0, 0.1) is 11.3 Å². The molecule has 4 aromatic rings. The summed E-state index contributed by atoms with van der Waals surface area (Å²) in [5, 5.41) is 9.62. The number of furan rings is 4. The van der Waals surface area contributed by atoms with E-state index < -0.39 is 0 Å². The van der Waals surface area contributed by atoms with Gasteiger partial charge in [0.2, 0.25) is 5.88 Å². The topological polar surface area (TPSA) is 88.7 Å². The average molecular weight is 397 g/mol. The second-order valence-corrected chi connectivity index (χ2v) is 5.73. The van der Waals surface area contributed by atoms with Gasteiger partial charge >= 0.3 is 0 Å². The first-order valence-electron chi connectivity index (χ1n) is 7.20. The van der Waals surface area contributed by atoms with Crippen LogP contribution in [0.3, 0.4) is 0 Å². The maximum Gasteiger partial charge on any atom is 0.238 e. The molecule has 0 saturated carbocycles. The number of aliphatic imine (C=N–C) groups is 1. The molecule has 7 heteroatoms. The van der Waals surface area contributed by atoms with Crippen LogP contribution in [0.4, 0.5) is 5.88 Å². The molecule has 0 radical (unpaired) electrons. The summed E-state index contributed by atoms with van der Waals surface area (Å²) in [5.74, 6) is 2.02. The zero-order valence-electron chi connectivity index (χ0n) is 12.6. The van der Waals surface area contributed by atoms with Crippen LogP contribution >= 0.6 is 15.9 Å². The third-order valence-electron chi connectivity index (χ3n) is 3.42. The van der Waals surface area contributed by atoms with E-state index in [0.29, 0.717) is 33.3 Å². The van der Waals surface area contributed by atoms with E-state index in [1.54, 1.807) is 36.4 Å². The molecule has 25 heavy (non-hydrogen) atoms. The van der Waals surface area contributed by atoms with Gasteiger partial charge in [-0.2, -0.15) is 5.26 Å². The molecule has 0 aliphatic rings. The molecule has 4 aromatic heterocycles. The van der Waals surface area contributed by atoms with Gasteiger partial charge in [0.25, 0.3) is 0 Å². The van der Waals surface area contributed by atoms with Crippen LogP contribution < -0.4 is 0 Å². The van der Waals surface area contributed by atoms with Gasteiger partial charge in [0.15, 0.2) is 16.2 Å². The van der Waals surface area contributed by atoms with Crippen LogP contribution in [0.25, 0.3) is 22.8 Å². The van der Waals surface area contributed by atoms with Crippen molar-refractivity contribution in [1.29, 1.82) is 5.26 Å². The summed E-state index contributed by atoms with van der Waals surface area (Å²) in [6, 6.07) is 12.6. The van der Waals surface area contributed by atoms with Crippen molar-refractivity contribution in [3.8, 4) is 28.9 Å². The van der Waals surface area contributed by atoms with Gasteiger partial charge in [-0.1, -0.05) is 0 Å². The maximum atomic E-state index is 9.62. The second-order valence-electron chi connectivity index (χ2n) is 4.95. The van der Waals surface area contributed by atoms with Crippen molar-refractivity contribution in [1.82, 2.24) is 0 Å². The van der Waals surface area contributed by atoms with E-state index in [1.807, 2.05) is 0 Å². The Morgan fingerprint density at radius 3 is 2.36 bits per heavy atom. The molecule has 4 rings (SSSR count). The lowest BCUT2D eigenvalue weighted by atomic mass is 10.1. The number of hydrogen-bond acceptors (Lipinski definition) is 6. The normalized spacial score (nSPS) is 11.2. The molecular formula is C18H9BrN2O4. The van der Waals surface area contributed by atoms with Gasteiger partial charge in [-0.3, -0.25) is 0 Å². The summed E-state index contributed by atoms with van der Waals surface area (Å²) in [6.07, 6.45) is 4.53. The van der Waals surface area contributed by atoms with Crippen molar-refractivity contribution < 1.29 is 17.7 Å². The Morgan fingerprint density at radius 2 is 1.76 bits per heavy atom. The van der Waals surface area contributed by atoms with Gasteiger partial charge in [-0.25, -0.2) is 4.99 Å². The van der Waals surface area contributed by atoms with Crippen LogP contribution in [-0.4, -0.2) is 6.21 Å². The Kier molecular flexibility index (Phi) is 3.88. The standard InChI is InChI=1S/C18H9BrN2O4/c19-15-6-5-11(24-15)10-21-18-12(9-20)16(13-3-1-7-22-13)17(25-18)14-4-2-8-23-14/h1-8,10H. The first-order valence-corrected chi connectivity index (χ1v) is 7.99. The number of nitriles is 1. The smallest absolute Gasteiger partial charge is 0.238 e. The highest BCUT2D eigenvalue weighted by Crippen LogP contribution is 2.42. The molecule has 0 amide bonds. The average Bonchev–Trinajstić information content (AvgIpc) is 3.37. The minimum atomic E-state index is 0.146. The zero-order chi connectivity index (χ0) is 17.2. The van der Waals surface area contributed by atoms with Gasteiger partial charge in [0.1, 0.15) is 23.2 Å². The van der Waals surface area contributed by atoms with Gasteiger partial charge in [0, 0.05) is 0 Å². The summed E-state index contributed by atoms with van der Waals surface area (Å²) in [7, 11) is 0. The third kappa shape index (κ3) is 2.84. The Bertz CT molecular complexity index is 1060. The fraction of sp³-hybridized carbons (Fsp3) is 0. The van der Waals surface area contributed by atoms with Crippen LogP contribution in [-0.2, 0) is 0 Å². The molecule has 0 N–H and O–H groups in total. The summed E-state index contributed by atoms with van der Waals surface area (Å²) < 4.78 is 22.6. The lowest BCUT2D eigenvalue weighted by Crippen LogP contribution is -1.80. The summed E-state index contributed by atoms with van der Waals surface area (Å²) in [4.78, 5) is 4.25. The van der Waals surface area contributed by atoms with Gasteiger partial charge < -0.3 is 17.7 Å². The van der Waals surface area contributed by atoms with Gasteiger partial charge in [0.05, 0.1) is 24.3 Å². The van der Waals surface area contributed by atoms with Crippen molar-refractivity contribution in [2.75, 3.05) is 0 Å². The van der Waals surface area contributed by atoms with E-state index in [2.05, 4.69) is 27.0 Å². The maximum absolute atomic E-state index is 9.62. The minimum absolute atomic E-state index is 0.146. The molecule has 122 valence electrons. The molecule has 0 saturated heterocycles. The largest absolute Gasteiger partial charge is 0.464 e. The number of halogens is 1. The summed E-state index contributed by atoms with van der Waals surface area (Å²) in [6.45, 7) is 0. The van der Waals surface area contributed by atoms with Crippen molar-refractivity contribution >= 4 is 28.0 Å². The number of hydrogen-bond donors (Lipinski definition) is 0. The Hall–Kier alpha value is -3.24. The van der Waals surface area contributed by atoms with Crippen LogP contribution in [0.1, 0.15) is 11.3 Å². The number of rotatable bonds is 4. The molecule has 0 aliphatic heterocycles. The predicted molar refractivity (Wildman–Crippen MR) is 92.5 cm³/mol. The van der Waals surface area contributed by atoms with E-state index in [1.165, 1.54) is 18.7 Å². The molecule has 0 unspecified atom stereocenters. The quantitative estimate of drug-likeness (QED) is 0.408. The van der Waals surface area contributed by atoms with E-state index in [4.69, 9.17) is 17.7 Å². The molecule has 0 atom stereocenters. The molecule has 6 nitrogen and oxygen atoms in total. The van der Waals surface area contributed by atoms with Crippen LogP contribution in [0.15, 0.2) is 76.3 Å².